The van der Waals surface area contributed by atoms with E-state index >= 15 is 0 Å². The van der Waals surface area contributed by atoms with Crippen molar-refractivity contribution in [3.63, 3.8) is 0 Å². The molecule has 0 radical (unpaired) electrons. The molecular formula is C27H34N2O4. The second-order valence-corrected chi connectivity index (χ2v) is 9.37. The van der Waals surface area contributed by atoms with Crippen LogP contribution in [0.5, 0.6) is 0 Å². The molecule has 1 heterocycles. The zero-order valence-corrected chi connectivity index (χ0v) is 19.7. The summed E-state index contributed by atoms with van der Waals surface area (Å²) in [5.74, 6) is -0.243. The second kappa shape index (κ2) is 11.1. The zero-order valence-electron chi connectivity index (χ0n) is 19.7. The zero-order chi connectivity index (χ0) is 23.8. The lowest BCUT2D eigenvalue weighted by molar-refractivity contribution is -0.160. The lowest BCUT2D eigenvalue weighted by atomic mass is 9.99. The van der Waals surface area contributed by atoms with Crippen LogP contribution >= 0.6 is 0 Å². The number of rotatable bonds is 8. The second-order valence-electron chi connectivity index (χ2n) is 9.37. The minimum atomic E-state index is -0.573. The van der Waals surface area contributed by atoms with Crippen LogP contribution < -0.4 is 5.32 Å². The molecule has 2 aromatic carbocycles. The van der Waals surface area contributed by atoms with E-state index in [4.69, 9.17) is 9.47 Å². The molecule has 1 N–H and O–H groups in total. The maximum Gasteiger partial charge on any atom is 0.407 e. The van der Waals surface area contributed by atoms with Gasteiger partial charge in [0.25, 0.3) is 0 Å². The number of amides is 1. The van der Waals surface area contributed by atoms with Gasteiger partial charge in [-0.1, -0.05) is 66.7 Å². The van der Waals surface area contributed by atoms with E-state index in [0.29, 0.717) is 19.5 Å². The quantitative estimate of drug-likeness (QED) is 0.466. The Bertz CT molecular complexity index is 924. The Kier molecular flexibility index (Phi) is 8.28. The van der Waals surface area contributed by atoms with Crippen molar-refractivity contribution in [2.24, 2.45) is 5.92 Å². The summed E-state index contributed by atoms with van der Waals surface area (Å²) >= 11 is 0. The number of esters is 1. The summed E-state index contributed by atoms with van der Waals surface area (Å²) in [5, 5.41) is 2.86. The minimum absolute atomic E-state index is 0.00741. The van der Waals surface area contributed by atoms with Gasteiger partial charge in [0.05, 0.1) is 0 Å². The molecule has 0 spiro atoms. The number of carbonyl (C=O) groups excluding carboxylic acids is 2. The molecule has 0 aliphatic carbocycles. The van der Waals surface area contributed by atoms with Crippen LogP contribution in [0.15, 0.2) is 73.3 Å². The van der Waals surface area contributed by atoms with Gasteiger partial charge >= 0.3 is 12.1 Å². The summed E-state index contributed by atoms with van der Waals surface area (Å²) in [7, 11) is 0. The highest BCUT2D eigenvalue weighted by Gasteiger charge is 2.44. The third-order valence-corrected chi connectivity index (χ3v) is 5.64. The summed E-state index contributed by atoms with van der Waals surface area (Å²) < 4.78 is 11.1. The molecule has 0 saturated carbocycles. The van der Waals surface area contributed by atoms with Crippen LogP contribution in [0.4, 0.5) is 4.79 Å². The fourth-order valence-electron chi connectivity index (χ4n) is 4.17. The van der Waals surface area contributed by atoms with Crippen LogP contribution in [0, 0.1) is 5.92 Å². The summed E-state index contributed by atoms with van der Waals surface area (Å²) in [5.41, 5.74) is 1.46. The number of alkyl carbamates (subject to hydrolysis) is 1. The van der Waals surface area contributed by atoms with Gasteiger partial charge in [0.15, 0.2) is 0 Å². The van der Waals surface area contributed by atoms with Gasteiger partial charge in [-0.05, 0) is 44.2 Å². The maximum absolute atomic E-state index is 13.1. The normalized spacial score (nSPS) is 20.8. The minimum Gasteiger partial charge on any atom is -0.459 e. The van der Waals surface area contributed by atoms with Crippen molar-refractivity contribution in [2.75, 3.05) is 6.54 Å². The first kappa shape index (κ1) is 24.5. The van der Waals surface area contributed by atoms with Crippen LogP contribution in [0.1, 0.15) is 38.3 Å². The highest BCUT2D eigenvalue weighted by atomic mass is 16.6. The van der Waals surface area contributed by atoms with Gasteiger partial charge in [-0.25, -0.2) is 4.79 Å². The largest absolute Gasteiger partial charge is 0.459 e. The molecule has 6 heteroatoms. The van der Waals surface area contributed by atoms with Gasteiger partial charge in [0.2, 0.25) is 0 Å². The highest BCUT2D eigenvalue weighted by Crippen LogP contribution is 2.33. The van der Waals surface area contributed by atoms with E-state index < -0.39 is 17.7 Å². The van der Waals surface area contributed by atoms with Gasteiger partial charge in [0, 0.05) is 19.1 Å². The molecule has 0 unspecified atom stereocenters. The molecule has 176 valence electrons. The van der Waals surface area contributed by atoms with Gasteiger partial charge in [-0.2, -0.15) is 0 Å². The monoisotopic (exact) mass is 450 g/mol. The average molecular weight is 451 g/mol. The number of benzene rings is 2. The van der Waals surface area contributed by atoms with E-state index in [1.54, 1.807) is 0 Å². The first-order valence-electron chi connectivity index (χ1n) is 11.4. The highest BCUT2D eigenvalue weighted by molar-refractivity contribution is 5.77. The Labute approximate surface area is 196 Å². The number of hydrogen-bond acceptors (Lipinski definition) is 5. The molecule has 1 aliphatic rings. The van der Waals surface area contributed by atoms with Crippen LogP contribution in [-0.2, 0) is 27.4 Å². The molecule has 2 aromatic rings. The lowest BCUT2D eigenvalue weighted by Gasteiger charge is -2.30. The van der Waals surface area contributed by atoms with Crippen molar-refractivity contribution in [2.45, 2.75) is 58.0 Å². The SMILES string of the molecule is C=C[C@H]1[C@H](CNC(=O)OCc2ccccc2)C[C@H](C(=O)OC(C)(C)C)N1Cc1ccccc1. The smallest absolute Gasteiger partial charge is 0.407 e. The molecular weight excluding hydrogens is 416 g/mol. The fourth-order valence-corrected chi connectivity index (χ4v) is 4.17. The molecule has 33 heavy (non-hydrogen) atoms. The summed E-state index contributed by atoms with van der Waals surface area (Å²) in [6.45, 7) is 10.8. The Morgan fingerprint density at radius 2 is 1.67 bits per heavy atom. The van der Waals surface area contributed by atoms with Crippen molar-refractivity contribution < 1.29 is 19.1 Å². The van der Waals surface area contributed by atoms with Gasteiger partial charge in [0.1, 0.15) is 18.2 Å². The molecule has 0 bridgehead atoms. The standard InChI is InChI=1S/C27H34N2O4/c1-5-23-22(17-28-26(31)32-19-21-14-10-7-11-15-21)16-24(25(30)33-27(2,3)4)29(23)18-20-12-8-6-9-13-20/h5-15,22-24H,1,16-19H2,2-4H3,(H,28,31)/t22-,23-,24+/m0/s1. The summed E-state index contributed by atoms with van der Waals surface area (Å²) in [6.07, 6.45) is 1.95. The number of carbonyl (C=O) groups is 2. The predicted octanol–water partition coefficient (Wildman–Crippen LogP) is 4.70. The van der Waals surface area contributed by atoms with Crippen molar-refractivity contribution in [3.8, 4) is 0 Å². The lowest BCUT2D eigenvalue weighted by Crippen LogP contribution is -2.43. The number of nitrogens with zero attached hydrogens (tertiary/aromatic N) is 1. The number of likely N-dealkylation sites (tertiary alicyclic amines) is 1. The first-order chi connectivity index (χ1) is 15.8. The van der Waals surface area contributed by atoms with E-state index in [0.717, 1.165) is 11.1 Å². The van der Waals surface area contributed by atoms with Crippen LogP contribution in [0.2, 0.25) is 0 Å². The van der Waals surface area contributed by atoms with Crippen molar-refractivity contribution in [1.29, 1.82) is 0 Å². The summed E-state index contributed by atoms with van der Waals surface area (Å²) in [6, 6.07) is 19.1. The molecule has 1 fully saturated rings. The molecule has 3 rings (SSSR count). The van der Waals surface area contributed by atoms with E-state index in [1.165, 1.54) is 0 Å². The van der Waals surface area contributed by atoms with Gasteiger partial charge in [-0.3, -0.25) is 9.69 Å². The molecule has 3 atom stereocenters. The van der Waals surface area contributed by atoms with Gasteiger partial charge < -0.3 is 14.8 Å². The average Bonchev–Trinajstić information content (AvgIpc) is 3.14. The molecule has 1 saturated heterocycles. The van der Waals surface area contributed by atoms with E-state index in [2.05, 4.69) is 16.8 Å². The summed E-state index contributed by atoms with van der Waals surface area (Å²) in [4.78, 5) is 27.5. The molecule has 6 nitrogen and oxygen atoms in total. The number of ether oxygens (including phenoxy) is 2. The van der Waals surface area contributed by atoms with Crippen molar-refractivity contribution >= 4 is 12.1 Å². The van der Waals surface area contributed by atoms with E-state index in [1.807, 2.05) is 87.5 Å². The Morgan fingerprint density at radius 1 is 1.06 bits per heavy atom. The van der Waals surface area contributed by atoms with Gasteiger partial charge in [-0.15, -0.1) is 6.58 Å². The third-order valence-electron chi connectivity index (χ3n) is 5.64. The van der Waals surface area contributed by atoms with Crippen molar-refractivity contribution in [1.82, 2.24) is 10.2 Å². The predicted molar refractivity (Wildman–Crippen MR) is 128 cm³/mol. The molecule has 1 amide bonds. The van der Waals surface area contributed by atoms with Crippen LogP contribution in [0.25, 0.3) is 0 Å². The Balaban J connectivity index is 1.67. The molecule has 0 aromatic heterocycles. The Morgan fingerprint density at radius 3 is 2.24 bits per heavy atom. The molecule has 1 aliphatic heterocycles. The van der Waals surface area contributed by atoms with Crippen LogP contribution in [-0.4, -0.2) is 41.2 Å². The number of nitrogens with one attached hydrogen (secondary N) is 1. The fraction of sp³-hybridized carbons (Fsp3) is 0.407. The Hall–Kier alpha value is -3.12. The topological polar surface area (TPSA) is 67.9 Å². The third kappa shape index (κ3) is 7.19. The maximum atomic E-state index is 13.1. The van der Waals surface area contributed by atoms with E-state index in [-0.39, 0.29) is 24.5 Å². The number of hydrogen-bond donors (Lipinski definition) is 1. The van der Waals surface area contributed by atoms with Crippen LogP contribution in [0.3, 0.4) is 0 Å². The van der Waals surface area contributed by atoms with E-state index in [9.17, 15) is 9.59 Å². The van der Waals surface area contributed by atoms with Crippen molar-refractivity contribution in [3.05, 3.63) is 84.4 Å². The first-order valence-corrected chi connectivity index (χ1v) is 11.4.